The Kier molecular flexibility index (Phi) is 4.06. The quantitative estimate of drug-likeness (QED) is 0.880. The summed E-state index contributed by atoms with van der Waals surface area (Å²) in [6.07, 6.45) is 2.95. The molecule has 0 saturated heterocycles. The van der Waals surface area contributed by atoms with E-state index in [-0.39, 0.29) is 22.7 Å². The molecule has 1 aromatic carbocycles. The molecule has 7 heteroatoms. The maximum Gasteiger partial charge on any atom is 0.243 e. The van der Waals surface area contributed by atoms with Gasteiger partial charge in [0.1, 0.15) is 5.82 Å². The SMILES string of the molecule is Cc1cc(F)c(N)c(C)c1S(=O)(=O)N(C)Cc1ccoc1. The van der Waals surface area contributed by atoms with Crippen molar-refractivity contribution < 1.29 is 17.2 Å². The van der Waals surface area contributed by atoms with Gasteiger partial charge >= 0.3 is 0 Å². The second-order valence-electron chi connectivity index (χ2n) is 4.94. The van der Waals surface area contributed by atoms with Gasteiger partial charge in [0.2, 0.25) is 10.0 Å². The summed E-state index contributed by atoms with van der Waals surface area (Å²) in [7, 11) is -2.31. The van der Waals surface area contributed by atoms with Crippen LogP contribution in [0.3, 0.4) is 0 Å². The highest BCUT2D eigenvalue weighted by atomic mass is 32.2. The van der Waals surface area contributed by atoms with E-state index in [1.807, 2.05) is 0 Å². The highest BCUT2D eigenvalue weighted by Crippen LogP contribution is 2.29. The van der Waals surface area contributed by atoms with Gasteiger partial charge in [-0.05, 0) is 37.1 Å². The third-order valence-corrected chi connectivity index (χ3v) is 5.45. The van der Waals surface area contributed by atoms with Gasteiger partial charge in [0.15, 0.2) is 0 Å². The third-order valence-electron chi connectivity index (χ3n) is 3.36. The zero-order valence-corrected chi connectivity index (χ0v) is 12.9. The average Bonchev–Trinajstić information content (AvgIpc) is 2.88. The van der Waals surface area contributed by atoms with Gasteiger partial charge in [-0.1, -0.05) is 0 Å². The number of sulfonamides is 1. The number of nitrogen functional groups attached to an aromatic ring is 1. The predicted octanol–water partition coefficient (Wildman–Crippen LogP) is 2.44. The number of nitrogens with two attached hydrogens (primary N) is 1. The lowest BCUT2D eigenvalue weighted by molar-refractivity contribution is 0.462. The molecule has 21 heavy (non-hydrogen) atoms. The first-order valence-electron chi connectivity index (χ1n) is 6.27. The molecule has 0 saturated carbocycles. The second-order valence-corrected chi connectivity index (χ2v) is 6.92. The van der Waals surface area contributed by atoms with Crippen LogP contribution in [0, 0.1) is 19.7 Å². The fourth-order valence-corrected chi connectivity index (χ4v) is 3.80. The van der Waals surface area contributed by atoms with E-state index in [0.717, 1.165) is 11.6 Å². The molecular formula is C14H17FN2O3S. The molecule has 1 heterocycles. The van der Waals surface area contributed by atoms with E-state index >= 15 is 0 Å². The van der Waals surface area contributed by atoms with Gasteiger partial charge in [0.05, 0.1) is 23.1 Å². The lowest BCUT2D eigenvalue weighted by atomic mass is 10.1. The Morgan fingerprint density at radius 1 is 1.38 bits per heavy atom. The van der Waals surface area contributed by atoms with E-state index in [4.69, 9.17) is 10.2 Å². The molecule has 0 radical (unpaired) electrons. The van der Waals surface area contributed by atoms with Crippen molar-refractivity contribution in [3.63, 3.8) is 0 Å². The molecule has 114 valence electrons. The lowest BCUT2D eigenvalue weighted by Gasteiger charge is -2.20. The second kappa shape index (κ2) is 5.50. The van der Waals surface area contributed by atoms with Gasteiger partial charge in [-0.15, -0.1) is 0 Å². The smallest absolute Gasteiger partial charge is 0.243 e. The highest BCUT2D eigenvalue weighted by molar-refractivity contribution is 7.89. The minimum absolute atomic E-state index is 0.0485. The van der Waals surface area contributed by atoms with E-state index in [9.17, 15) is 12.8 Å². The molecule has 2 rings (SSSR count). The first-order chi connectivity index (χ1) is 9.75. The van der Waals surface area contributed by atoms with Crippen LogP contribution in [-0.2, 0) is 16.6 Å². The number of anilines is 1. The summed E-state index contributed by atoms with van der Waals surface area (Å²) in [5.41, 5.74) is 6.76. The van der Waals surface area contributed by atoms with Crippen molar-refractivity contribution in [1.82, 2.24) is 4.31 Å². The molecule has 5 nitrogen and oxygen atoms in total. The van der Waals surface area contributed by atoms with Crippen molar-refractivity contribution in [3.8, 4) is 0 Å². The number of rotatable bonds is 4. The van der Waals surface area contributed by atoms with Crippen LogP contribution in [0.4, 0.5) is 10.1 Å². The highest BCUT2D eigenvalue weighted by Gasteiger charge is 2.27. The average molecular weight is 312 g/mol. The van der Waals surface area contributed by atoms with E-state index in [1.165, 1.54) is 30.8 Å². The lowest BCUT2D eigenvalue weighted by Crippen LogP contribution is -2.28. The molecule has 1 aromatic heterocycles. The van der Waals surface area contributed by atoms with Crippen molar-refractivity contribution in [1.29, 1.82) is 0 Å². The molecule has 0 unspecified atom stereocenters. The molecule has 2 N–H and O–H groups in total. The molecular weight excluding hydrogens is 295 g/mol. The first-order valence-corrected chi connectivity index (χ1v) is 7.71. The number of hydrogen-bond donors (Lipinski definition) is 1. The van der Waals surface area contributed by atoms with Crippen LogP contribution >= 0.6 is 0 Å². The van der Waals surface area contributed by atoms with Crippen LogP contribution in [0.2, 0.25) is 0 Å². The van der Waals surface area contributed by atoms with E-state index in [0.29, 0.717) is 5.56 Å². The van der Waals surface area contributed by atoms with Crippen LogP contribution in [0.5, 0.6) is 0 Å². The molecule has 0 spiro atoms. The fraction of sp³-hybridized carbons (Fsp3) is 0.286. The minimum atomic E-state index is -3.77. The van der Waals surface area contributed by atoms with Gasteiger partial charge in [-0.2, -0.15) is 4.31 Å². The largest absolute Gasteiger partial charge is 0.472 e. The van der Waals surface area contributed by atoms with Gasteiger partial charge in [0.25, 0.3) is 0 Å². The number of hydrogen-bond acceptors (Lipinski definition) is 4. The van der Waals surface area contributed by atoms with Crippen LogP contribution in [0.1, 0.15) is 16.7 Å². The zero-order chi connectivity index (χ0) is 15.8. The minimum Gasteiger partial charge on any atom is -0.472 e. The van der Waals surface area contributed by atoms with Crippen molar-refractivity contribution >= 4 is 15.7 Å². The summed E-state index contributed by atoms with van der Waals surface area (Å²) >= 11 is 0. The topological polar surface area (TPSA) is 76.5 Å². The standard InChI is InChI=1S/C14H17FN2O3S/c1-9-6-12(15)13(16)10(2)14(9)21(18,19)17(3)7-11-4-5-20-8-11/h4-6,8H,7,16H2,1-3H3. The molecule has 0 aliphatic heterocycles. The number of aryl methyl sites for hydroxylation is 1. The maximum atomic E-state index is 13.6. The molecule has 0 bridgehead atoms. The Morgan fingerprint density at radius 3 is 2.62 bits per heavy atom. The maximum absolute atomic E-state index is 13.6. The summed E-state index contributed by atoms with van der Waals surface area (Å²) in [4.78, 5) is 0.0485. The summed E-state index contributed by atoms with van der Waals surface area (Å²) in [6.45, 7) is 3.22. The molecule has 0 fully saturated rings. The summed E-state index contributed by atoms with van der Waals surface area (Å²) in [5.74, 6) is -0.610. The number of nitrogens with zero attached hydrogens (tertiary/aromatic N) is 1. The van der Waals surface area contributed by atoms with Crippen molar-refractivity contribution in [2.24, 2.45) is 0 Å². The number of furan rings is 1. The van der Waals surface area contributed by atoms with Crippen LogP contribution in [-0.4, -0.2) is 19.8 Å². The number of halogens is 1. The zero-order valence-electron chi connectivity index (χ0n) is 12.1. The first kappa shape index (κ1) is 15.5. The van der Waals surface area contributed by atoms with Gasteiger partial charge < -0.3 is 10.2 Å². The molecule has 0 aliphatic rings. The Bertz CT molecular complexity index is 755. The Hall–Kier alpha value is -1.86. The Balaban J connectivity index is 2.47. The Morgan fingerprint density at radius 2 is 2.05 bits per heavy atom. The van der Waals surface area contributed by atoms with Gasteiger partial charge in [0, 0.05) is 19.2 Å². The molecule has 0 amide bonds. The van der Waals surface area contributed by atoms with E-state index < -0.39 is 15.8 Å². The predicted molar refractivity (Wildman–Crippen MR) is 77.6 cm³/mol. The van der Waals surface area contributed by atoms with Crippen molar-refractivity contribution in [2.45, 2.75) is 25.3 Å². The van der Waals surface area contributed by atoms with E-state index in [1.54, 1.807) is 13.0 Å². The molecule has 0 aliphatic carbocycles. The van der Waals surface area contributed by atoms with Crippen LogP contribution in [0.25, 0.3) is 0 Å². The van der Waals surface area contributed by atoms with Crippen molar-refractivity contribution in [2.75, 3.05) is 12.8 Å². The molecule has 2 aromatic rings. The number of benzene rings is 1. The van der Waals surface area contributed by atoms with Crippen LogP contribution in [0.15, 0.2) is 34.0 Å². The summed E-state index contributed by atoms with van der Waals surface area (Å²) < 4.78 is 45.0. The van der Waals surface area contributed by atoms with Gasteiger partial charge in [-0.25, -0.2) is 12.8 Å². The Labute approximate surface area is 123 Å². The monoisotopic (exact) mass is 312 g/mol. The summed E-state index contributed by atoms with van der Waals surface area (Å²) in [5, 5.41) is 0. The third kappa shape index (κ3) is 2.79. The molecule has 0 atom stereocenters. The van der Waals surface area contributed by atoms with Crippen molar-refractivity contribution in [3.05, 3.63) is 47.2 Å². The normalized spacial score (nSPS) is 12.0. The van der Waals surface area contributed by atoms with E-state index in [2.05, 4.69) is 0 Å². The van der Waals surface area contributed by atoms with Crippen LogP contribution < -0.4 is 5.73 Å². The fourth-order valence-electron chi connectivity index (χ4n) is 2.21. The summed E-state index contributed by atoms with van der Waals surface area (Å²) in [6, 6.07) is 2.83. The van der Waals surface area contributed by atoms with Gasteiger partial charge in [-0.3, -0.25) is 0 Å².